The van der Waals surface area contributed by atoms with E-state index in [1.165, 1.54) is 6.33 Å². The van der Waals surface area contributed by atoms with Gasteiger partial charge in [-0.05, 0) is 12.3 Å². The molecule has 1 atom stereocenters. The molecule has 72 valence electrons. The number of aromatic nitrogens is 2. The SMILES string of the molecule is CC(C)(C)C(C)(O)c1cncnc1. The molecule has 0 aliphatic rings. The molecule has 13 heavy (non-hydrogen) atoms. The highest BCUT2D eigenvalue weighted by Crippen LogP contribution is 2.37. The van der Waals surface area contributed by atoms with Gasteiger partial charge >= 0.3 is 0 Å². The van der Waals surface area contributed by atoms with Crippen molar-refractivity contribution < 1.29 is 5.11 Å². The Morgan fingerprint density at radius 1 is 1.08 bits per heavy atom. The smallest absolute Gasteiger partial charge is 0.115 e. The minimum Gasteiger partial charge on any atom is -0.385 e. The molecule has 1 rings (SSSR count). The molecule has 3 heteroatoms. The Morgan fingerprint density at radius 3 is 1.92 bits per heavy atom. The number of rotatable bonds is 1. The average molecular weight is 180 g/mol. The molecule has 0 amide bonds. The van der Waals surface area contributed by atoms with Crippen LogP contribution in [0.25, 0.3) is 0 Å². The van der Waals surface area contributed by atoms with E-state index in [0.29, 0.717) is 0 Å². The Kier molecular flexibility index (Phi) is 2.39. The molecule has 0 aromatic carbocycles. The largest absolute Gasteiger partial charge is 0.385 e. The summed E-state index contributed by atoms with van der Waals surface area (Å²) >= 11 is 0. The van der Waals surface area contributed by atoms with Gasteiger partial charge in [-0.15, -0.1) is 0 Å². The standard InChI is InChI=1S/C10H16N2O/c1-9(2,3)10(4,13)8-5-11-7-12-6-8/h5-7,13H,1-4H3. The Labute approximate surface area is 78.9 Å². The second-order valence-corrected chi connectivity index (χ2v) is 4.45. The molecule has 1 aromatic heterocycles. The maximum absolute atomic E-state index is 10.2. The lowest BCUT2D eigenvalue weighted by Gasteiger charge is -2.36. The molecule has 0 fully saturated rings. The Hall–Kier alpha value is -0.960. The third kappa shape index (κ3) is 1.86. The molecular formula is C10H16N2O. The first-order valence-electron chi connectivity index (χ1n) is 4.33. The van der Waals surface area contributed by atoms with Crippen LogP contribution >= 0.6 is 0 Å². The number of hydrogen-bond acceptors (Lipinski definition) is 3. The van der Waals surface area contributed by atoms with Crippen LogP contribution in [0.2, 0.25) is 0 Å². The molecule has 1 unspecified atom stereocenters. The highest BCUT2D eigenvalue weighted by Gasteiger charge is 2.37. The molecule has 3 nitrogen and oxygen atoms in total. The lowest BCUT2D eigenvalue weighted by molar-refractivity contribution is -0.0475. The van der Waals surface area contributed by atoms with Crippen LogP contribution in [0.1, 0.15) is 33.3 Å². The van der Waals surface area contributed by atoms with Crippen LogP contribution in [-0.2, 0) is 5.60 Å². The second kappa shape index (κ2) is 3.07. The Balaban J connectivity index is 3.08. The van der Waals surface area contributed by atoms with E-state index in [9.17, 15) is 5.11 Å². The summed E-state index contributed by atoms with van der Waals surface area (Å²) in [6.07, 6.45) is 4.76. The fourth-order valence-electron chi connectivity index (χ4n) is 0.983. The molecule has 0 aliphatic heterocycles. The van der Waals surface area contributed by atoms with Crippen LogP contribution in [0.15, 0.2) is 18.7 Å². The van der Waals surface area contributed by atoms with Crippen molar-refractivity contribution in [1.82, 2.24) is 9.97 Å². The predicted molar refractivity (Wildman–Crippen MR) is 51.1 cm³/mol. The monoisotopic (exact) mass is 180 g/mol. The second-order valence-electron chi connectivity index (χ2n) is 4.45. The Bertz CT molecular complexity index is 275. The van der Waals surface area contributed by atoms with Crippen LogP contribution in [0, 0.1) is 5.41 Å². The van der Waals surface area contributed by atoms with E-state index in [2.05, 4.69) is 9.97 Å². The summed E-state index contributed by atoms with van der Waals surface area (Å²) in [5.74, 6) is 0. The lowest BCUT2D eigenvalue weighted by atomic mass is 9.74. The van der Waals surface area contributed by atoms with E-state index in [-0.39, 0.29) is 5.41 Å². The van der Waals surface area contributed by atoms with Crippen molar-refractivity contribution in [1.29, 1.82) is 0 Å². The number of hydrogen-bond donors (Lipinski definition) is 1. The van der Waals surface area contributed by atoms with Crippen molar-refractivity contribution >= 4 is 0 Å². The molecule has 1 heterocycles. The topological polar surface area (TPSA) is 46.0 Å². The first-order valence-corrected chi connectivity index (χ1v) is 4.33. The zero-order valence-electron chi connectivity index (χ0n) is 8.57. The predicted octanol–water partition coefficient (Wildman–Crippen LogP) is 1.73. The van der Waals surface area contributed by atoms with Gasteiger partial charge in [0, 0.05) is 18.0 Å². The van der Waals surface area contributed by atoms with Gasteiger partial charge in [-0.2, -0.15) is 0 Å². The van der Waals surface area contributed by atoms with E-state index in [0.717, 1.165) is 5.56 Å². The van der Waals surface area contributed by atoms with Crippen LogP contribution in [-0.4, -0.2) is 15.1 Å². The van der Waals surface area contributed by atoms with Gasteiger partial charge in [-0.1, -0.05) is 20.8 Å². The zero-order valence-corrected chi connectivity index (χ0v) is 8.57. The molecule has 0 saturated carbocycles. The highest BCUT2D eigenvalue weighted by molar-refractivity contribution is 5.16. The van der Waals surface area contributed by atoms with Gasteiger partial charge in [-0.3, -0.25) is 0 Å². The maximum atomic E-state index is 10.2. The van der Waals surface area contributed by atoms with Crippen molar-refractivity contribution in [3.8, 4) is 0 Å². The number of nitrogens with zero attached hydrogens (tertiary/aromatic N) is 2. The van der Waals surface area contributed by atoms with Gasteiger partial charge in [-0.25, -0.2) is 9.97 Å². The van der Waals surface area contributed by atoms with Gasteiger partial charge in [0.1, 0.15) is 6.33 Å². The molecular weight excluding hydrogens is 164 g/mol. The zero-order chi connectivity index (χ0) is 10.1. The molecule has 0 spiro atoms. The Morgan fingerprint density at radius 2 is 1.54 bits per heavy atom. The molecule has 1 N–H and O–H groups in total. The molecule has 0 saturated heterocycles. The quantitative estimate of drug-likeness (QED) is 0.716. The van der Waals surface area contributed by atoms with Crippen molar-refractivity contribution in [3.05, 3.63) is 24.3 Å². The van der Waals surface area contributed by atoms with E-state index in [4.69, 9.17) is 0 Å². The minimum atomic E-state index is -0.895. The van der Waals surface area contributed by atoms with Gasteiger partial charge in [0.25, 0.3) is 0 Å². The van der Waals surface area contributed by atoms with Crippen LogP contribution in [0.4, 0.5) is 0 Å². The third-order valence-electron chi connectivity index (χ3n) is 2.58. The van der Waals surface area contributed by atoms with Gasteiger partial charge in [0.2, 0.25) is 0 Å². The summed E-state index contributed by atoms with van der Waals surface area (Å²) in [5, 5.41) is 10.2. The van der Waals surface area contributed by atoms with E-state index in [1.54, 1.807) is 19.3 Å². The van der Waals surface area contributed by atoms with Crippen molar-refractivity contribution in [2.45, 2.75) is 33.3 Å². The van der Waals surface area contributed by atoms with E-state index < -0.39 is 5.60 Å². The van der Waals surface area contributed by atoms with Crippen molar-refractivity contribution in [2.75, 3.05) is 0 Å². The number of aliphatic hydroxyl groups is 1. The summed E-state index contributed by atoms with van der Waals surface area (Å²) in [4.78, 5) is 7.79. The molecule has 1 aromatic rings. The lowest BCUT2D eigenvalue weighted by Crippen LogP contribution is -2.37. The highest BCUT2D eigenvalue weighted by atomic mass is 16.3. The van der Waals surface area contributed by atoms with E-state index in [1.807, 2.05) is 20.8 Å². The first-order chi connectivity index (χ1) is 5.86. The molecule has 0 aliphatic carbocycles. The van der Waals surface area contributed by atoms with Crippen LogP contribution < -0.4 is 0 Å². The van der Waals surface area contributed by atoms with E-state index >= 15 is 0 Å². The van der Waals surface area contributed by atoms with Gasteiger partial charge in [0.05, 0.1) is 5.60 Å². The third-order valence-corrected chi connectivity index (χ3v) is 2.58. The minimum absolute atomic E-state index is 0.224. The first kappa shape index (κ1) is 10.1. The van der Waals surface area contributed by atoms with Crippen LogP contribution in [0.5, 0.6) is 0 Å². The molecule has 0 radical (unpaired) electrons. The van der Waals surface area contributed by atoms with Crippen molar-refractivity contribution in [2.24, 2.45) is 5.41 Å². The fraction of sp³-hybridized carbons (Fsp3) is 0.600. The summed E-state index contributed by atoms with van der Waals surface area (Å²) < 4.78 is 0. The summed E-state index contributed by atoms with van der Waals surface area (Å²) in [6.45, 7) is 7.74. The summed E-state index contributed by atoms with van der Waals surface area (Å²) in [7, 11) is 0. The van der Waals surface area contributed by atoms with Gasteiger partial charge in [0.15, 0.2) is 0 Å². The van der Waals surface area contributed by atoms with Crippen molar-refractivity contribution in [3.63, 3.8) is 0 Å². The maximum Gasteiger partial charge on any atom is 0.115 e. The molecule has 0 bridgehead atoms. The summed E-state index contributed by atoms with van der Waals surface area (Å²) in [6, 6.07) is 0. The average Bonchev–Trinajstić information content (AvgIpc) is 2.04. The van der Waals surface area contributed by atoms with Crippen LogP contribution in [0.3, 0.4) is 0 Å². The summed E-state index contributed by atoms with van der Waals surface area (Å²) in [5.41, 5.74) is -0.367. The normalized spacial score (nSPS) is 16.7. The fourth-order valence-corrected chi connectivity index (χ4v) is 0.983. The van der Waals surface area contributed by atoms with Gasteiger partial charge < -0.3 is 5.11 Å².